The molecule has 0 saturated heterocycles. The van der Waals surface area contributed by atoms with Gasteiger partial charge in [-0.1, -0.05) is 12.8 Å². The van der Waals surface area contributed by atoms with Crippen LogP contribution in [0.4, 0.5) is 0 Å². The van der Waals surface area contributed by atoms with Crippen LogP contribution in [0, 0.1) is 0 Å². The first-order chi connectivity index (χ1) is 7.77. The van der Waals surface area contributed by atoms with Gasteiger partial charge in [0.1, 0.15) is 0 Å². The van der Waals surface area contributed by atoms with Crippen molar-refractivity contribution in [1.29, 1.82) is 0 Å². The van der Waals surface area contributed by atoms with Crippen LogP contribution < -0.4 is 0 Å². The van der Waals surface area contributed by atoms with Crippen molar-refractivity contribution in [3.63, 3.8) is 0 Å². The van der Waals surface area contributed by atoms with E-state index in [9.17, 15) is 4.79 Å². The van der Waals surface area contributed by atoms with Crippen LogP contribution in [0.15, 0.2) is 0 Å². The van der Waals surface area contributed by atoms with Crippen LogP contribution in [0.25, 0.3) is 0 Å². The Morgan fingerprint density at radius 2 is 2.19 bits per heavy atom. The molecule has 0 unspecified atom stereocenters. The minimum absolute atomic E-state index is 0.171. The van der Waals surface area contributed by atoms with Crippen LogP contribution in [0.3, 0.4) is 0 Å². The van der Waals surface area contributed by atoms with Gasteiger partial charge in [-0.2, -0.15) is 0 Å². The topological polar surface area (TPSA) is 80.9 Å². The summed E-state index contributed by atoms with van der Waals surface area (Å²) in [5, 5.41) is 20.2. The van der Waals surface area contributed by atoms with Crippen molar-refractivity contribution in [1.82, 2.24) is 20.2 Å². The molecule has 1 aromatic rings. The van der Waals surface area contributed by atoms with Gasteiger partial charge in [0.2, 0.25) is 0 Å². The van der Waals surface area contributed by atoms with Crippen molar-refractivity contribution in [2.45, 2.75) is 51.0 Å². The number of carboxylic acid groups (broad SMARTS) is 1. The largest absolute Gasteiger partial charge is 0.481 e. The first-order valence-electron chi connectivity index (χ1n) is 5.75. The van der Waals surface area contributed by atoms with Crippen LogP contribution in [0.2, 0.25) is 0 Å². The van der Waals surface area contributed by atoms with Crippen molar-refractivity contribution in [3.8, 4) is 0 Å². The number of aryl methyl sites for hydroxylation is 1. The highest BCUT2D eigenvalue weighted by atomic mass is 16.4. The van der Waals surface area contributed by atoms with E-state index in [0.29, 0.717) is 18.9 Å². The van der Waals surface area contributed by atoms with E-state index in [-0.39, 0.29) is 6.42 Å². The van der Waals surface area contributed by atoms with E-state index in [1.165, 1.54) is 12.8 Å². The monoisotopic (exact) mass is 224 g/mol. The molecule has 1 aromatic heterocycles. The Morgan fingerprint density at radius 1 is 1.44 bits per heavy atom. The van der Waals surface area contributed by atoms with Gasteiger partial charge in [-0.05, 0) is 29.7 Å². The molecule has 0 amide bonds. The normalized spacial score (nSPS) is 16.8. The lowest BCUT2D eigenvalue weighted by Crippen LogP contribution is -2.10. The molecule has 0 bridgehead atoms. The fraction of sp³-hybridized carbons (Fsp3) is 0.800. The molecule has 1 aliphatic rings. The number of nitrogens with zero attached hydrogens (tertiary/aromatic N) is 4. The molecule has 1 aliphatic carbocycles. The molecule has 0 radical (unpaired) electrons. The minimum atomic E-state index is -0.768. The van der Waals surface area contributed by atoms with E-state index in [4.69, 9.17) is 5.11 Å². The third-order valence-corrected chi connectivity index (χ3v) is 3.04. The molecule has 16 heavy (non-hydrogen) atoms. The zero-order valence-corrected chi connectivity index (χ0v) is 9.17. The minimum Gasteiger partial charge on any atom is -0.481 e. The number of hydrogen-bond acceptors (Lipinski definition) is 4. The Labute approximate surface area is 93.6 Å². The molecule has 88 valence electrons. The Morgan fingerprint density at radius 3 is 2.88 bits per heavy atom. The number of rotatable bonds is 5. The maximum atomic E-state index is 10.4. The SMILES string of the molecule is O=C(O)CCCn1nnnc1C1CCCC1. The average Bonchev–Trinajstić information content (AvgIpc) is 2.84. The van der Waals surface area contributed by atoms with Crippen LogP contribution in [0.1, 0.15) is 50.3 Å². The first kappa shape index (κ1) is 11.0. The van der Waals surface area contributed by atoms with E-state index in [2.05, 4.69) is 15.5 Å². The van der Waals surface area contributed by atoms with E-state index >= 15 is 0 Å². The third-order valence-electron chi connectivity index (χ3n) is 3.04. The third kappa shape index (κ3) is 2.56. The van der Waals surface area contributed by atoms with Gasteiger partial charge in [0, 0.05) is 18.9 Å². The molecule has 1 saturated carbocycles. The maximum absolute atomic E-state index is 10.4. The lowest BCUT2D eigenvalue weighted by atomic mass is 10.1. The maximum Gasteiger partial charge on any atom is 0.303 e. The summed E-state index contributed by atoms with van der Waals surface area (Å²) in [7, 11) is 0. The second-order valence-electron chi connectivity index (χ2n) is 4.24. The predicted molar refractivity (Wildman–Crippen MR) is 55.9 cm³/mol. The number of aliphatic carboxylic acids is 1. The number of hydrogen-bond donors (Lipinski definition) is 1. The quantitative estimate of drug-likeness (QED) is 0.812. The summed E-state index contributed by atoms with van der Waals surface area (Å²) in [6.45, 7) is 0.602. The molecule has 1 fully saturated rings. The number of carboxylic acids is 1. The molecular weight excluding hydrogens is 208 g/mol. The van der Waals surface area contributed by atoms with Gasteiger partial charge >= 0.3 is 5.97 Å². The van der Waals surface area contributed by atoms with Crippen molar-refractivity contribution in [2.24, 2.45) is 0 Å². The van der Waals surface area contributed by atoms with Gasteiger partial charge < -0.3 is 5.11 Å². The summed E-state index contributed by atoms with van der Waals surface area (Å²) >= 11 is 0. The number of aromatic nitrogens is 4. The highest BCUT2D eigenvalue weighted by Gasteiger charge is 2.22. The molecular formula is C10H16N4O2. The van der Waals surface area contributed by atoms with Crippen LogP contribution >= 0.6 is 0 Å². The molecule has 2 rings (SSSR count). The molecule has 0 aliphatic heterocycles. The summed E-state index contributed by atoms with van der Waals surface area (Å²) in [6, 6.07) is 0. The highest BCUT2D eigenvalue weighted by molar-refractivity contribution is 5.66. The number of carbonyl (C=O) groups is 1. The van der Waals surface area contributed by atoms with Crippen molar-refractivity contribution < 1.29 is 9.90 Å². The zero-order chi connectivity index (χ0) is 11.4. The summed E-state index contributed by atoms with van der Waals surface area (Å²) in [5.74, 6) is 0.637. The molecule has 0 aromatic carbocycles. The van der Waals surface area contributed by atoms with Crippen LogP contribution in [0.5, 0.6) is 0 Å². The van der Waals surface area contributed by atoms with E-state index in [0.717, 1.165) is 18.7 Å². The Balaban J connectivity index is 1.93. The summed E-state index contributed by atoms with van der Waals surface area (Å²) in [4.78, 5) is 10.4. The van der Waals surface area contributed by atoms with Crippen LogP contribution in [-0.4, -0.2) is 31.3 Å². The van der Waals surface area contributed by atoms with E-state index in [1.54, 1.807) is 4.68 Å². The van der Waals surface area contributed by atoms with Crippen LogP contribution in [-0.2, 0) is 11.3 Å². The van der Waals surface area contributed by atoms with Gasteiger partial charge in [-0.3, -0.25) is 4.79 Å². The van der Waals surface area contributed by atoms with Gasteiger partial charge in [-0.25, -0.2) is 4.68 Å². The summed E-state index contributed by atoms with van der Waals surface area (Å²) < 4.78 is 1.76. The Hall–Kier alpha value is -1.46. The first-order valence-corrected chi connectivity index (χ1v) is 5.75. The second kappa shape index (κ2) is 5.05. The predicted octanol–water partition coefficient (Wildman–Crippen LogP) is 1.20. The summed E-state index contributed by atoms with van der Waals surface area (Å²) in [5.41, 5.74) is 0. The van der Waals surface area contributed by atoms with Crippen molar-refractivity contribution >= 4 is 5.97 Å². The fourth-order valence-corrected chi connectivity index (χ4v) is 2.23. The second-order valence-corrected chi connectivity index (χ2v) is 4.24. The lowest BCUT2D eigenvalue weighted by Gasteiger charge is -2.08. The Kier molecular flexibility index (Phi) is 3.48. The smallest absolute Gasteiger partial charge is 0.303 e. The lowest BCUT2D eigenvalue weighted by molar-refractivity contribution is -0.137. The van der Waals surface area contributed by atoms with E-state index in [1.807, 2.05) is 0 Å². The van der Waals surface area contributed by atoms with Crippen molar-refractivity contribution in [2.75, 3.05) is 0 Å². The van der Waals surface area contributed by atoms with Gasteiger partial charge in [-0.15, -0.1) is 5.10 Å². The fourth-order valence-electron chi connectivity index (χ4n) is 2.23. The van der Waals surface area contributed by atoms with E-state index < -0.39 is 5.97 Å². The molecule has 6 nitrogen and oxygen atoms in total. The zero-order valence-electron chi connectivity index (χ0n) is 9.17. The van der Waals surface area contributed by atoms with Gasteiger partial charge in [0.25, 0.3) is 0 Å². The van der Waals surface area contributed by atoms with Gasteiger partial charge in [0.05, 0.1) is 0 Å². The summed E-state index contributed by atoms with van der Waals surface area (Å²) in [6.07, 6.45) is 5.54. The molecule has 6 heteroatoms. The highest BCUT2D eigenvalue weighted by Crippen LogP contribution is 2.32. The molecule has 0 spiro atoms. The standard InChI is InChI=1S/C10H16N4O2/c15-9(16)6-3-7-14-10(11-12-13-14)8-4-1-2-5-8/h8H,1-7H2,(H,15,16). The molecule has 0 atom stereocenters. The molecule has 1 heterocycles. The Bertz CT molecular complexity index is 357. The molecule has 1 N–H and O–H groups in total. The average molecular weight is 224 g/mol. The van der Waals surface area contributed by atoms with Gasteiger partial charge in [0.15, 0.2) is 5.82 Å². The van der Waals surface area contributed by atoms with Crippen molar-refractivity contribution in [3.05, 3.63) is 5.82 Å². The number of tetrazole rings is 1.